The Morgan fingerprint density at radius 2 is 1.94 bits per heavy atom. The number of rotatable bonds is 7. The number of pyridine rings is 3. The lowest BCUT2D eigenvalue weighted by Crippen LogP contribution is -2.40. The summed E-state index contributed by atoms with van der Waals surface area (Å²) in [5.74, 6) is -4.46. The number of halogens is 2. The minimum atomic E-state index is -1.35. The van der Waals surface area contributed by atoms with Crippen LogP contribution in [0.3, 0.4) is 0 Å². The molecule has 13 nitrogen and oxygen atoms in total. The average Bonchev–Trinajstić information content (AvgIpc) is 3.76. The largest absolute Gasteiger partial charge is 0.477 e. The molecular formula is C33H32F2N8O5. The maximum Gasteiger partial charge on any atom is 0.341 e. The molecule has 2 aliphatic heterocycles. The van der Waals surface area contributed by atoms with Crippen LogP contribution in [-0.2, 0) is 9.59 Å². The number of likely N-dealkylation sites (N-methyl/N-ethyl adjacent to an activating group) is 2. The number of carboxylic acid groups (broad SMARTS) is 1. The molecule has 4 aromatic heterocycles. The smallest absolute Gasteiger partial charge is 0.341 e. The molecule has 248 valence electrons. The van der Waals surface area contributed by atoms with Crippen LogP contribution in [0.5, 0.6) is 0 Å². The normalized spacial score (nSPS) is 17.8. The number of amides is 2. The Kier molecular flexibility index (Phi) is 7.59. The van der Waals surface area contributed by atoms with Crippen molar-refractivity contribution in [1.29, 1.82) is 0 Å². The van der Waals surface area contributed by atoms with Gasteiger partial charge in [-0.15, -0.1) is 0 Å². The second-order valence-electron chi connectivity index (χ2n) is 12.3. The predicted molar refractivity (Wildman–Crippen MR) is 175 cm³/mol. The quantitative estimate of drug-likeness (QED) is 0.205. The van der Waals surface area contributed by atoms with Gasteiger partial charge in [0.1, 0.15) is 11.2 Å². The first-order valence-electron chi connectivity index (χ1n) is 15.4. The van der Waals surface area contributed by atoms with Crippen molar-refractivity contribution in [3.05, 3.63) is 70.3 Å². The fourth-order valence-corrected chi connectivity index (χ4v) is 7.16. The van der Waals surface area contributed by atoms with Gasteiger partial charge in [0.2, 0.25) is 11.8 Å². The van der Waals surface area contributed by atoms with Crippen LogP contribution in [0, 0.1) is 17.6 Å². The van der Waals surface area contributed by atoms with E-state index in [-0.39, 0.29) is 34.8 Å². The zero-order valence-corrected chi connectivity index (χ0v) is 26.1. The lowest BCUT2D eigenvalue weighted by Gasteiger charge is -2.29. The fourth-order valence-electron chi connectivity index (χ4n) is 7.16. The minimum absolute atomic E-state index is 0.0414. The molecule has 6 heterocycles. The number of H-pyrrole nitrogens is 1. The van der Waals surface area contributed by atoms with Gasteiger partial charge in [-0.1, -0.05) is 6.07 Å². The number of carboxylic acids is 1. The molecule has 0 aliphatic carbocycles. The van der Waals surface area contributed by atoms with Crippen molar-refractivity contribution in [1.82, 2.24) is 24.6 Å². The molecular weight excluding hydrogens is 626 g/mol. The van der Waals surface area contributed by atoms with E-state index in [4.69, 9.17) is 5.73 Å². The topological polar surface area (TPSA) is 169 Å². The number of nitrogens with zero attached hydrogens (tertiary/aromatic N) is 5. The molecule has 2 atom stereocenters. The van der Waals surface area contributed by atoms with E-state index in [9.17, 15) is 24.3 Å². The molecule has 5 aromatic rings. The van der Waals surface area contributed by atoms with Crippen molar-refractivity contribution in [3.8, 4) is 11.1 Å². The van der Waals surface area contributed by atoms with Crippen molar-refractivity contribution < 1.29 is 28.3 Å². The molecule has 1 aromatic carbocycles. The van der Waals surface area contributed by atoms with Crippen LogP contribution in [0.15, 0.2) is 47.5 Å². The number of nitrogens with two attached hydrogens (primary N) is 1. The van der Waals surface area contributed by atoms with Crippen molar-refractivity contribution in [2.45, 2.75) is 12.5 Å². The molecule has 15 heteroatoms. The lowest BCUT2D eigenvalue weighted by atomic mass is 10.00. The number of carbonyl (C=O) groups excluding carboxylic acids is 2. The van der Waals surface area contributed by atoms with Crippen LogP contribution in [0.25, 0.3) is 38.6 Å². The Bertz CT molecular complexity index is 2230. The molecule has 2 saturated heterocycles. The molecule has 2 amide bonds. The zero-order chi connectivity index (χ0) is 34.0. The van der Waals surface area contributed by atoms with Crippen LogP contribution in [-0.4, -0.2) is 95.0 Å². The number of carbonyl (C=O) groups is 3. The van der Waals surface area contributed by atoms with Crippen molar-refractivity contribution in [2.75, 3.05) is 56.6 Å². The van der Waals surface area contributed by atoms with Crippen LogP contribution in [0.4, 0.5) is 20.2 Å². The second-order valence-corrected chi connectivity index (χ2v) is 12.3. The second kappa shape index (κ2) is 11.7. The highest BCUT2D eigenvalue weighted by Gasteiger charge is 2.42. The maximum absolute atomic E-state index is 16.1. The lowest BCUT2D eigenvalue weighted by molar-refractivity contribution is -0.124. The maximum atomic E-state index is 16.1. The first kappa shape index (κ1) is 31.2. The van der Waals surface area contributed by atoms with Gasteiger partial charge < -0.3 is 35.8 Å². The van der Waals surface area contributed by atoms with Crippen molar-refractivity contribution in [3.63, 3.8) is 0 Å². The predicted octanol–water partition coefficient (Wildman–Crippen LogP) is 2.15. The summed E-state index contributed by atoms with van der Waals surface area (Å²) in [6, 6.07) is 7.23. The number of anilines is 2. The van der Waals surface area contributed by atoms with Crippen LogP contribution in [0.1, 0.15) is 16.8 Å². The Hall–Kier alpha value is -5.41. The number of nitrogens with one attached hydrogen (secondary N) is 2. The van der Waals surface area contributed by atoms with E-state index in [1.54, 1.807) is 18.3 Å². The Morgan fingerprint density at radius 1 is 1.17 bits per heavy atom. The van der Waals surface area contributed by atoms with E-state index in [1.165, 1.54) is 29.8 Å². The minimum Gasteiger partial charge on any atom is -0.477 e. The van der Waals surface area contributed by atoms with E-state index in [0.29, 0.717) is 40.2 Å². The Morgan fingerprint density at radius 3 is 2.69 bits per heavy atom. The number of aromatic amines is 1. The van der Waals surface area contributed by atoms with Gasteiger partial charge in [-0.2, -0.15) is 0 Å². The number of benzene rings is 1. The molecule has 0 saturated carbocycles. The Labute approximate surface area is 271 Å². The van der Waals surface area contributed by atoms with Gasteiger partial charge in [0.15, 0.2) is 11.6 Å². The molecule has 5 N–H and O–H groups in total. The summed E-state index contributed by atoms with van der Waals surface area (Å²) in [6.07, 6.45) is 4.00. The van der Waals surface area contributed by atoms with Crippen LogP contribution < -0.4 is 26.4 Å². The van der Waals surface area contributed by atoms with Crippen LogP contribution in [0.2, 0.25) is 0 Å². The van der Waals surface area contributed by atoms with E-state index < -0.39 is 47.1 Å². The first-order chi connectivity index (χ1) is 23.0. The number of aromatic nitrogens is 3. The molecule has 2 fully saturated rings. The summed E-state index contributed by atoms with van der Waals surface area (Å²) < 4.78 is 32.8. The number of fused-ring (bicyclic) bond motifs is 5. The monoisotopic (exact) mass is 658 g/mol. The highest BCUT2D eigenvalue weighted by molar-refractivity contribution is 6.19. The number of hydrogen-bond acceptors (Lipinski definition) is 8. The van der Waals surface area contributed by atoms with E-state index in [1.807, 2.05) is 7.05 Å². The van der Waals surface area contributed by atoms with Gasteiger partial charge in [0.25, 0.3) is 5.56 Å². The summed E-state index contributed by atoms with van der Waals surface area (Å²) in [5, 5.41) is 12.2. The van der Waals surface area contributed by atoms with Gasteiger partial charge in [-0.25, -0.2) is 18.6 Å². The van der Waals surface area contributed by atoms with Crippen molar-refractivity contribution in [2.24, 2.45) is 11.7 Å². The standard InChI is InChI=1S/C33H32F2N8O5/c1-40-13-17-7-8-42(23(17)15-40)30-20(16-3-4-18-5-6-19(33(47)48)32(46)43(18)14-16)11-38-31-27(30)26-28(35)21(34)9-22(29(26)39-31)41(2)25(45)12-37-24(44)10-36/h3-6,9,11,14,17,23H,7-8,10,12-13,15,36H2,1-2H3,(H,37,44)(H,38,39)(H,47,48)/t17-,23+/m0/s1. The molecule has 48 heavy (non-hydrogen) atoms. The van der Waals surface area contributed by atoms with Gasteiger partial charge in [-0.05, 0) is 37.6 Å². The van der Waals surface area contributed by atoms with E-state index in [0.717, 1.165) is 30.5 Å². The summed E-state index contributed by atoms with van der Waals surface area (Å²) in [4.78, 5) is 62.9. The number of likely N-dealkylation sites (tertiary alicyclic amines) is 1. The Balaban J connectivity index is 1.48. The van der Waals surface area contributed by atoms with E-state index in [2.05, 4.69) is 25.1 Å². The van der Waals surface area contributed by atoms with Crippen LogP contribution >= 0.6 is 0 Å². The van der Waals surface area contributed by atoms with Gasteiger partial charge in [0.05, 0.1) is 40.8 Å². The molecule has 0 bridgehead atoms. The molecule has 0 spiro atoms. The highest BCUT2D eigenvalue weighted by Crippen LogP contribution is 2.47. The average molecular weight is 659 g/mol. The highest BCUT2D eigenvalue weighted by atomic mass is 19.2. The van der Waals surface area contributed by atoms with Gasteiger partial charge in [0, 0.05) is 67.8 Å². The fraction of sp³-hybridized carbons (Fsp3) is 0.303. The molecule has 7 rings (SSSR count). The van der Waals surface area contributed by atoms with E-state index >= 15 is 8.78 Å². The number of hydrogen-bond donors (Lipinski definition) is 4. The summed E-state index contributed by atoms with van der Waals surface area (Å²) in [7, 11) is 3.43. The first-order valence-corrected chi connectivity index (χ1v) is 15.4. The van der Waals surface area contributed by atoms with Gasteiger partial charge >= 0.3 is 5.97 Å². The third-order valence-corrected chi connectivity index (χ3v) is 9.51. The summed E-state index contributed by atoms with van der Waals surface area (Å²) >= 11 is 0. The number of aromatic carboxylic acids is 1. The zero-order valence-electron chi connectivity index (χ0n) is 26.1. The van der Waals surface area contributed by atoms with Gasteiger partial charge in [-0.3, -0.25) is 18.8 Å². The summed E-state index contributed by atoms with van der Waals surface area (Å²) in [6.45, 7) is 1.52. The summed E-state index contributed by atoms with van der Waals surface area (Å²) in [5.41, 5.74) is 6.76. The van der Waals surface area contributed by atoms with Crippen molar-refractivity contribution >= 4 is 56.6 Å². The molecule has 0 unspecified atom stereocenters. The molecule has 2 aliphatic rings. The third-order valence-electron chi connectivity index (χ3n) is 9.51. The molecule has 0 radical (unpaired) electrons. The SMILES string of the molecule is CN1C[C@@H]2CCN(c3c(-c4ccc5ccc(C(=O)O)c(=O)n5c4)cnc4[nH]c5c(N(C)C(=O)CNC(=O)CN)cc(F)c(F)c5c34)[C@@H]2C1. The third kappa shape index (κ3) is 4.93.